The molecule has 0 heterocycles. The molecular weight excluding hydrogens is 629 g/mol. The van der Waals surface area contributed by atoms with Gasteiger partial charge in [0.15, 0.2) is 0 Å². The molecule has 0 atom stereocenters. The maximum Gasteiger partial charge on any atom is 0.523 e. The lowest BCUT2D eigenvalue weighted by atomic mass is 9.92. The summed E-state index contributed by atoms with van der Waals surface area (Å²) in [6.07, 6.45) is 0. The van der Waals surface area contributed by atoms with Crippen molar-refractivity contribution >= 4 is 10.1 Å². The van der Waals surface area contributed by atoms with Gasteiger partial charge in [0, 0.05) is 0 Å². The predicted octanol–water partition coefficient (Wildman–Crippen LogP) is 5.54. The molecule has 254 valence electrons. The number of rotatable bonds is 24. The van der Waals surface area contributed by atoms with Crippen LogP contribution in [-0.2, 0) is 62.5 Å². The number of benzene rings is 3. The third-order valence-corrected chi connectivity index (χ3v) is 7.47. The van der Waals surface area contributed by atoms with Crippen LogP contribution in [0.25, 0.3) is 0 Å². The SMILES string of the molecule is O=S(=O)(OCC(COCCOCc1ccccc1)(COCCOCc1ccccc1)COCCOCc1ccccc1)C(F)(F)F. The summed E-state index contributed by atoms with van der Waals surface area (Å²) in [4.78, 5) is 0. The largest absolute Gasteiger partial charge is 0.523 e. The average Bonchev–Trinajstić information content (AvgIpc) is 3.06. The van der Waals surface area contributed by atoms with E-state index in [0.29, 0.717) is 19.8 Å². The molecule has 0 unspecified atom stereocenters. The summed E-state index contributed by atoms with van der Waals surface area (Å²) in [6.45, 7) is 0.277. The van der Waals surface area contributed by atoms with E-state index in [0.717, 1.165) is 16.7 Å². The van der Waals surface area contributed by atoms with Crippen molar-refractivity contribution in [2.75, 3.05) is 66.1 Å². The zero-order chi connectivity index (χ0) is 33.0. The van der Waals surface area contributed by atoms with Crippen molar-refractivity contribution in [2.24, 2.45) is 5.41 Å². The molecule has 46 heavy (non-hydrogen) atoms. The van der Waals surface area contributed by atoms with Crippen LogP contribution in [0.2, 0.25) is 0 Å². The van der Waals surface area contributed by atoms with Crippen LogP contribution >= 0.6 is 0 Å². The fourth-order valence-corrected chi connectivity index (χ4v) is 4.57. The van der Waals surface area contributed by atoms with Gasteiger partial charge in [-0.1, -0.05) is 91.0 Å². The smallest absolute Gasteiger partial charge is 0.378 e. The number of hydrogen-bond acceptors (Lipinski definition) is 9. The second-order valence-corrected chi connectivity index (χ2v) is 12.0. The Labute approximate surface area is 268 Å². The summed E-state index contributed by atoms with van der Waals surface area (Å²) >= 11 is 0. The summed E-state index contributed by atoms with van der Waals surface area (Å²) in [7, 11) is -5.88. The maximum absolute atomic E-state index is 13.1. The second kappa shape index (κ2) is 20.4. The van der Waals surface area contributed by atoms with Gasteiger partial charge in [0.1, 0.15) is 0 Å². The van der Waals surface area contributed by atoms with E-state index in [1.54, 1.807) is 0 Å². The van der Waals surface area contributed by atoms with Crippen molar-refractivity contribution in [3.05, 3.63) is 108 Å². The predicted molar refractivity (Wildman–Crippen MR) is 164 cm³/mol. The van der Waals surface area contributed by atoms with E-state index in [1.165, 1.54) is 0 Å². The molecule has 0 spiro atoms. The van der Waals surface area contributed by atoms with Gasteiger partial charge in [-0.05, 0) is 16.7 Å². The van der Waals surface area contributed by atoms with Crippen LogP contribution in [0.4, 0.5) is 13.2 Å². The summed E-state index contributed by atoms with van der Waals surface area (Å²) in [5, 5.41) is 0. The zero-order valence-corrected chi connectivity index (χ0v) is 26.4. The molecule has 0 saturated carbocycles. The van der Waals surface area contributed by atoms with Crippen LogP contribution in [0.3, 0.4) is 0 Å². The molecule has 0 fully saturated rings. The standard InChI is InChI=1S/C33H41F3O9S/c34-33(35,36)46(37,38)45-28-32(25-42-19-16-39-22-29-10-4-1-5-11-29,26-43-20-17-40-23-30-12-6-2-7-13-30)27-44-21-18-41-24-31-14-8-3-9-15-31/h1-15H,16-28H2. The molecule has 3 aromatic rings. The minimum atomic E-state index is -5.88. The van der Waals surface area contributed by atoms with Gasteiger partial charge in [-0.2, -0.15) is 21.6 Å². The zero-order valence-electron chi connectivity index (χ0n) is 25.6. The van der Waals surface area contributed by atoms with E-state index in [4.69, 9.17) is 28.4 Å². The molecule has 0 N–H and O–H groups in total. The Morgan fingerprint density at radius 3 is 1.07 bits per heavy atom. The number of alkyl halides is 3. The highest BCUT2D eigenvalue weighted by Crippen LogP contribution is 2.28. The van der Waals surface area contributed by atoms with Gasteiger partial charge in [0.2, 0.25) is 0 Å². The Balaban J connectivity index is 1.57. The van der Waals surface area contributed by atoms with E-state index in [2.05, 4.69) is 4.18 Å². The molecule has 0 aromatic heterocycles. The first-order valence-corrected chi connectivity index (χ1v) is 16.1. The summed E-state index contributed by atoms with van der Waals surface area (Å²) in [5.41, 5.74) is -4.12. The Morgan fingerprint density at radius 2 is 0.761 bits per heavy atom. The summed E-state index contributed by atoms with van der Waals surface area (Å²) in [5.74, 6) is 0. The van der Waals surface area contributed by atoms with Crippen molar-refractivity contribution in [3.8, 4) is 0 Å². The lowest BCUT2D eigenvalue weighted by molar-refractivity contribution is -0.108. The molecular formula is C33H41F3O9S. The molecule has 0 aliphatic carbocycles. The van der Waals surface area contributed by atoms with Crippen LogP contribution < -0.4 is 0 Å². The molecule has 3 rings (SSSR count). The quantitative estimate of drug-likeness (QED) is 0.0692. The van der Waals surface area contributed by atoms with Gasteiger partial charge in [-0.25, -0.2) is 0 Å². The minimum Gasteiger partial charge on any atom is -0.378 e. The molecule has 13 heteroatoms. The molecule has 0 bridgehead atoms. The van der Waals surface area contributed by atoms with Gasteiger partial charge >= 0.3 is 15.6 Å². The molecule has 0 aliphatic heterocycles. The number of ether oxygens (including phenoxy) is 6. The lowest BCUT2D eigenvalue weighted by Crippen LogP contribution is -2.44. The molecule has 0 aliphatic rings. The fourth-order valence-electron chi connectivity index (χ4n) is 4.03. The highest BCUT2D eigenvalue weighted by molar-refractivity contribution is 7.87. The topological polar surface area (TPSA) is 98.8 Å². The Morgan fingerprint density at radius 1 is 0.457 bits per heavy atom. The van der Waals surface area contributed by atoms with Gasteiger partial charge < -0.3 is 28.4 Å². The van der Waals surface area contributed by atoms with E-state index in [-0.39, 0.29) is 59.5 Å². The Kier molecular flexibility index (Phi) is 16.6. The van der Waals surface area contributed by atoms with Crippen molar-refractivity contribution in [1.29, 1.82) is 0 Å². The first-order chi connectivity index (χ1) is 22.2. The van der Waals surface area contributed by atoms with Crippen molar-refractivity contribution < 1.29 is 54.2 Å². The monoisotopic (exact) mass is 670 g/mol. The van der Waals surface area contributed by atoms with E-state index in [9.17, 15) is 21.6 Å². The van der Waals surface area contributed by atoms with Crippen molar-refractivity contribution in [3.63, 3.8) is 0 Å². The highest BCUT2D eigenvalue weighted by atomic mass is 32.2. The third-order valence-electron chi connectivity index (χ3n) is 6.48. The lowest BCUT2D eigenvalue weighted by Gasteiger charge is -2.32. The van der Waals surface area contributed by atoms with Gasteiger partial charge in [0.25, 0.3) is 0 Å². The van der Waals surface area contributed by atoms with Crippen molar-refractivity contribution in [1.82, 2.24) is 0 Å². The first-order valence-electron chi connectivity index (χ1n) is 14.7. The highest BCUT2D eigenvalue weighted by Gasteiger charge is 2.49. The van der Waals surface area contributed by atoms with Crippen LogP contribution in [0, 0.1) is 5.41 Å². The van der Waals surface area contributed by atoms with E-state index in [1.807, 2.05) is 91.0 Å². The van der Waals surface area contributed by atoms with Crippen LogP contribution in [0.5, 0.6) is 0 Å². The van der Waals surface area contributed by atoms with Crippen LogP contribution in [-0.4, -0.2) is 80.0 Å². The van der Waals surface area contributed by atoms with Crippen molar-refractivity contribution in [2.45, 2.75) is 25.3 Å². The average molecular weight is 671 g/mol. The molecule has 0 saturated heterocycles. The Hall–Kier alpha value is -2.88. The van der Waals surface area contributed by atoms with E-state index < -0.39 is 27.6 Å². The molecule has 0 radical (unpaired) electrons. The fraction of sp³-hybridized carbons (Fsp3) is 0.455. The molecule has 0 amide bonds. The maximum atomic E-state index is 13.1. The normalized spacial score (nSPS) is 12.4. The third kappa shape index (κ3) is 14.7. The van der Waals surface area contributed by atoms with Gasteiger partial charge in [0.05, 0.1) is 91.3 Å². The second-order valence-electron chi connectivity index (χ2n) is 10.4. The summed E-state index contributed by atoms with van der Waals surface area (Å²) in [6, 6.07) is 28.4. The Bertz CT molecular complexity index is 1190. The number of hydrogen-bond donors (Lipinski definition) is 0. The molecule has 3 aromatic carbocycles. The van der Waals surface area contributed by atoms with Gasteiger partial charge in [-0.3, -0.25) is 4.18 Å². The van der Waals surface area contributed by atoms with Crippen LogP contribution in [0.15, 0.2) is 91.0 Å². The summed E-state index contributed by atoms with van der Waals surface area (Å²) < 4.78 is 102. The van der Waals surface area contributed by atoms with E-state index >= 15 is 0 Å². The number of halogens is 3. The minimum absolute atomic E-state index is 0.0843. The van der Waals surface area contributed by atoms with Crippen LogP contribution in [0.1, 0.15) is 16.7 Å². The van der Waals surface area contributed by atoms with Gasteiger partial charge in [-0.15, -0.1) is 0 Å². The first kappa shape index (κ1) is 37.6. The molecule has 9 nitrogen and oxygen atoms in total.